The number of aryl methyl sites for hydroxylation is 1. The highest BCUT2D eigenvalue weighted by molar-refractivity contribution is 5.95. The van der Waals surface area contributed by atoms with E-state index in [4.69, 9.17) is 4.74 Å². The summed E-state index contributed by atoms with van der Waals surface area (Å²) >= 11 is 0. The van der Waals surface area contributed by atoms with Crippen molar-refractivity contribution in [1.82, 2.24) is 20.1 Å². The van der Waals surface area contributed by atoms with Crippen molar-refractivity contribution in [3.63, 3.8) is 0 Å². The van der Waals surface area contributed by atoms with E-state index in [1.165, 1.54) is 0 Å². The zero-order valence-electron chi connectivity index (χ0n) is 13.0. The van der Waals surface area contributed by atoms with Crippen LogP contribution in [0.2, 0.25) is 0 Å². The van der Waals surface area contributed by atoms with Crippen molar-refractivity contribution < 1.29 is 9.53 Å². The number of H-pyrrole nitrogens is 1. The van der Waals surface area contributed by atoms with Crippen molar-refractivity contribution in [2.45, 2.75) is 25.9 Å². The van der Waals surface area contributed by atoms with E-state index in [1.807, 2.05) is 30.1 Å². The maximum Gasteiger partial charge on any atom is 0.253 e. The minimum absolute atomic E-state index is 0.00436. The molecule has 0 bridgehead atoms. The topological polar surface area (TPSA) is 71.9 Å². The summed E-state index contributed by atoms with van der Waals surface area (Å²) in [5, 5.41) is 9.85. The molecule has 2 aromatic rings. The van der Waals surface area contributed by atoms with Gasteiger partial charge in [-0.2, -0.15) is 5.10 Å². The third-order valence-electron chi connectivity index (χ3n) is 4.37. The molecular formula is C16H22N4O2. The summed E-state index contributed by atoms with van der Waals surface area (Å²) < 4.78 is 7.78. The second-order valence-corrected chi connectivity index (χ2v) is 5.72. The van der Waals surface area contributed by atoms with Crippen LogP contribution in [0.1, 0.15) is 41.1 Å². The van der Waals surface area contributed by atoms with Crippen LogP contribution in [0.4, 0.5) is 0 Å². The zero-order valence-corrected chi connectivity index (χ0v) is 13.0. The Bertz CT molecular complexity index is 633. The van der Waals surface area contributed by atoms with Crippen LogP contribution in [0, 0.1) is 5.92 Å². The van der Waals surface area contributed by atoms with Gasteiger partial charge in [0.25, 0.3) is 5.91 Å². The van der Waals surface area contributed by atoms with Gasteiger partial charge < -0.3 is 14.6 Å². The highest BCUT2D eigenvalue weighted by Crippen LogP contribution is 2.33. The fourth-order valence-corrected chi connectivity index (χ4v) is 3.16. The van der Waals surface area contributed by atoms with Crippen LogP contribution in [0.3, 0.4) is 0 Å². The molecule has 118 valence electrons. The highest BCUT2D eigenvalue weighted by atomic mass is 16.5. The van der Waals surface area contributed by atoms with Gasteiger partial charge in [-0.15, -0.1) is 0 Å². The SMILES string of the molecule is CCc1c(C(=O)NC[C@H]2CCO[C@@H]2c2cn[nH]c2)ccn1C. The average molecular weight is 302 g/mol. The molecule has 0 unspecified atom stereocenters. The summed E-state index contributed by atoms with van der Waals surface area (Å²) in [4.78, 5) is 12.4. The van der Waals surface area contributed by atoms with Crippen molar-refractivity contribution in [2.75, 3.05) is 13.2 Å². The summed E-state index contributed by atoms with van der Waals surface area (Å²) in [5.41, 5.74) is 2.88. The van der Waals surface area contributed by atoms with E-state index in [1.54, 1.807) is 6.20 Å². The fraction of sp³-hybridized carbons (Fsp3) is 0.500. The standard InChI is InChI=1S/C16H22N4O2/c1-3-14-13(4-6-20(14)2)16(21)17-8-11-5-7-22-15(11)12-9-18-19-10-12/h4,6,9-11,15H,3,5,7-8H2,1-2H3,(H,17,21)(H,18,19)/t11-,15+/m1/s1. The summed E-state index contributed by atoms with van der Waals surface area (Å²) in [6.07, 6.45) is 7.39. The molecule has 1 fully saturated rings. The van der Waals surface area contributed by atoms with E-state index in [0.717, 1.165) is 36.3 Å². The van der Waals surface area contributed by atoms with Crippen molar-refractivity contribution in [3.8, 4) is 0 Å². The minimum atomic E-state index is -0.00436. The van der Waals surface area contributed by atoms with Gasteiger partial charge in [0.15, 0.2) is 0 Å². The Kier molecular flexibility index (Phi) is 4.29. The first-order valence-electron chi connectivity index (χ1n) is 7.73. The summed E-state index contributed by atoms with van der Waals surface area (Å²) in [6.45, 7) is 3.40. The molecule has 6 nitrogen and oxygen atoms in total. The Hall–Kier alpha value is -2.08. The molecule has 0 saturated carbocycles. The number of ether oxygens (including phenoxy) is 1. The lowest BCUT2D eigenvalue weighted by molar-refractivity contribution is 0.0846. The van der Waals surface area contributed by atoms with Gasteiger partial charge in [-0.25, -0.2) is 0 Å². The quantitative estimate of drug-likeness (QED) is 0.885. The highest BCUT2D eigenvalue weighted by Gasteiger charge is 2.30. The maximum absolute atomic E-state index is 12.4. The number of nitrogens with one attached hydrogen (secondary N) is 2. The number of amides is 1. The number of nitrogens with zero attached hydrogens (tertiary/aromatic N) is 2. The van der Waals surface area contributed by atoms with E-state index in [-0.39, 0.29) is 17.9 Å². The number of rotatable bonds is 5. The Morgan fingerprint density at radius 3 is 3.18 bits per heavy atom. The molecule has 22 heavy (non-hydrogen) atoms. The Balaban J connectivity index is 1.63. The molecule has 1 aliphatic rings. The summed E-state index contributed by atoms with van der Waals surface area (Å²) in [6, 6.07) is 1.88. The van der Waals surface area contributed by atoms with Crippen LogP contribution in [0.25, 0.3) is 0 Å². The molecule has 6 heteroatoms. The molecule has 3 heterocycles. The van der Waals surface area contributed by atoms with Gasteiger partial charge in [0.2, 0.25) is 0 Å². The fourth-order valence-electron chi connectivity index (χ4n) is 3.16. The molecule has 2 N–H and O–H groups in total. The van der Waals surface area contributed by atoms with Gasteiger partial charge in [0, 0.05) is 49.8 Å². The molecule has 0 aliphatic carbocycles. The number of aromatic amines is 1. The molecule has 1 amide bonds. The van der Waals surface area contributed by atoms with Gasteiger partial charge in [-0.3, -0.25) is 9.89 Å². The van der Waals surface area contributed by atoms with Crippen molar-refractivity contribution >= 4 is 5.91 Å². The Morgan fingerprint density at radius 2 is 2.45 bits per heavy atom. The Morgan fingerprint density at radius 1 is 1.59 bits per heavy atom. The lowest BCUT2D eigenvalue weighted by Gasteiger charge is -2.17. The van der Waals surface area contributed by atoms with Gasteiger partial charge >= 0.3 is 0 Å². The first-order chi connectivity index (χ1) is 10.7. The molecule has 0 radical (unpaired) electrons. The normalized spacial score (nSPS) is 21.2. The van der Waals surface area contributed by atoms with Crippen LogP contribution >= 0.6 is 0 Å². The lowest BCUT2D eigenvalue weighted by Crippen LogP contribution is -2.31. The number of carbonyl (C=O) groups excluding carboxylic acids is 1. The van der Waals surface area contributed by atoms with Gasteiger partial charge in [-0.05, 0) is 18.9 Å². The third kappa shape index (κ3) is 2.78. The van der Waals surface area contributed by atoms with Crippen LogP contribution < -0.4 is 5.32 Å². The largest absolute Gasteiger partial charge is 0.373 e. The molecule has 3 rings (SSSR count). The van der Waals surface area contributed by atoms with Crippen LogP contribution in [0.5, 0.6) is 0 Å². The molecule has 0 aromatic carbocycles. The monoisotopic (exact) mass is 302 g/mol. The number of aromatic nitrogens is 3. The zero-order chi connectivity index (χ0) is 15.5. The maximum atomic E-state index is 12.4. The van der Waals surface area contributed by atoms with E-state index >= 15 is 0 Å². The average Bonchev–Trinajstić information content (AvgIpc) is 3.24. The third-order valence-corrected chi connectivity index (χ3v) is 4.37. The van der Waals surface area contributed by atoms with Crippen molar-refractivity contribution in [3.05, 3.63) is 41.5 Å². The molecule has 2 aromatic heterocycles. The molecule has 1 saturated heterocycles. The molecular weight excluding hydrogens is 280 g/mol. The second-order valence-electron chi connectivity index (χ2n) is 5.72. The predicted molar refractivity (Wildman–Crippen MR) is 82.5 cm³/mol. The van der Waals surface area contributed by atoms with Gasteiger partial charge in [-0.1, -0.05) is 6.92 Å². The van der Waals surface area contributed by atoms with Crippen molar-refractivity contribution in [2.24, 2.45) is 13.0 Å². The minimum Gasteiger partial charge on any atom is -0.373 e. The summed E-state index contributed by atoms with van der Waals surface area (Å²) in [7, 11) is 1.97. The number of hydrogen-bond donors (Lipinski definition) is 2. The second kappa shape index (κ2) is 6.36. The summed E-state index contributed by atoms with van der Waals surface area (Å²) in [5.74, 6) is 0.283. The van der Waals surface area contributed by atoms with Crippen molar-refractivity contribution in [1.29, 1.82) is 0 Å². The van der Waals surface area contributed by atoms with Gasteiger partial charge in [0.05, 0.1) is 17.9 Å². The Labute approximate surface area is 129 Å². The smallest absolute Gasteiger partial charge is 0.253 e. The molecule has 1 aliphatic heterocycles. The van der Waals surface area contributed by atoms with Crippen LogP contribution in [0.15, 0.2) is 24.7 Å². The predicted octanol–water partition coefficient (Wildman–Crippen LogP) is 1.82. The van der Waals surface area contributed by atoms with E-state index in [2.05, 4.69) is 22.4 Å². The van der Waals surface area contributed by atoms with E-state index < -0.39 is 0 Å². The first-order valence-corrected chi connectivity index (χ1v) is 7.73. The lowest BCUT2D eigenvalue weighted by atomic mass is 9.97. The number of carbonyl (C=O) groups is 1. The van der Waals surface area contributed by atoms with E-state index in [9.17, 15) is 4.79 Å². The van der Waals surface area contributed by atoms with Gasteiger partial charge in [0.1, 0.15) is 0 Å². The van der Waals surface area contributed by atoms with Crippen LogP contribution in [-0.2, 0) is 18.2 Å². The van der Waals surface area contributed by atoms with E-state index in [0.29, 0.717) is 6.54 Å². The first kappa shape index (κ1) is 14.8. The molecule has 0 spiro atoms. The molecule has 2 atom stereocenters. The van der Waals surface area contributed by atoms with Crippen LogP contribution in [-0.4, -0.2) is 33.8 Å². The number of hydrogen-bond acceptors (Lipinski definition) is 3.